The molecular formula is C22H19ClN4O4S. The number of sulfonamides is 1. The van der Waals surface area contributed by atoms with Gasteiger partial charge in [0.05, 0.1) is 27.2 Å². The van der Waals surface area contributed by atoms with Crippen LogP contribution in [0.25, 0.3) is 11.0 Å². The Morgan fingerprint density at radius 3 is 2.53 bits per heavy atom. The van der Waals surface area contributed by atoms with E-state index in [1.807, 2.05) is 6.07 Å². The number of hydrogen-bond acceptors (Lipinski definition) is 4. The fourth-order valence-corrected chi connectivity index (χ4v) is 4.65. The van der Waals surface area contributed by atoms with Crippen molar-refractivity contribution in [1.82, 2.24) is 14.9 Å². The third-order valence-electron chi connectivity index (χ3n) is 4.85. The Morgan fingerprint density at radius 1 is 1.00 bits per heavy atom. The normalized spacial score (nSPS) is 11.4. The van der Waals surface area contributed by atoms with E-state index in [4.69, 9.17) is 11.6 Å². The summed E-state index contributed by atoms with van der Waals surface area (Å²) in [6.07, 6.45) is 0. The van der Waals surface area contributed by atoms with Crippen LogP contribution in [0.2, 0.25) is 5.02 Å². The molecule has 4 rings (SSSR count). The number of amides is 1. The lowest BCUT2D eigenvalue weighted by atomic mass is 10.1. The average Bonchev–Trinajstić information content (AvgIpc) is 3.12. The lowest BCUT2D eigenvalue weighted by Gasteiger charge is -2.20. The summed E-state index contributed by atoms with van der Waals surface area (Å²) in [6, 6.07) is 17.8. The fourth-order valence-electron chi connectivity index (χ4n) is 3.33. The monoisotopic (exact) mass is 470 g/mol. The van der Waals surface area contributed by atoms with Gasteiger partial charge in [-0.25, -0.2) is 13.2 Å². The highest BCUT2D eigenvalue weighted by atomic mass is 35.5. The molecule has 4 aromatic rings. The molecule has 32 heavy (non-hydrogen) atoms. The van der Waals surface area contributed by atoms with Crippen LogP contribution in [0, 0.1) is 0 Å². The predicted octanol–water partition coefficient (Wildman–Crippen LogP) is 3.58. The summed E-state index contributed by atoms with van der Waals surface area (Å²) in [6.45, 7) is 0.304. The number of nitrogens with zero attached hydrogens (tertiary/aromatic N) is 1. The van der Waals surface area contributed by atoms with Gasteiger partial charge in [0.15, 0.2) is 0 Å². The van der Waals surface area contributed by atoms with E-state index in [0.29, 0.717) is 22.6 Å². The van der Waals surface area contributed by atoms with Crippen LogP contribution in [0.4, 0.5) is 5.69 Å². The largest absolute Gasteiger partial charge is 0.337 e. The zero-order valence-corrected chi connectivity index (χ0v) is 18.5. The van der Waals surface area contributed by atoms with Gasteiger partial charge in [0.2, 0.25) is 0 Å². The minimum Gasteiger partial charge on any atom is -0.337 e. The van der Waals surface area contributed by atoms with Crippen molar-refractivity contribution in [2.75, 3.05) is 11.8 Å². The van der Waals surface area contributed by atoms with Crippen molar-refractivity contribution < 1.29 is 13.2 Å². The van der Waals surface area contributed by atoms with Gasteiger partial charge in [-0.2, -0.15) is 0 Å². The highest BCUT2D eigenvalue weighted by Crippen LogP contribution is 2.23. The summed E-state index contributed by atoms with van der Waals surface area (Å²) in [4.78, 5) is 31.0. The van der Waals surface area contributed by atoms with E-state index in [1.165, 1.54) is 29.2 Å². The van der Waals surface area contributed by atoms with Gasteiger partial charge in [-0.05, 0) is 48.0 Å². The first-order valence-corrected chi connectivity index (χ1v) is 11.4. The van der Waals surface area contributed by atoms with Crippen LogP contribution in [0.3, 0.4) is 0 Å². The van der Waals surface area contributed by atoms with E-state index in [2.05, 4.69) is 14.7 Å². The van der Waals surface area contributed by atoms with Gasteiger partial charge in [0.25, 0.3) is 15.9 Å². The van der Waals surface area contributed by atoms with E-state index >= 15 is 0 Å². The number of anilines is 1. The molecule has 0 aliphatic heterocycles. The van der Waals surface area contributed by atoms with E-state index in [-0.39, 0.29) is 22.1 Å². The second kappa shape index (κ2) is 8.52. The first-order chi connectivity index (χ1) is 15.2. The maximum atomic E-state index is 13.1. The average molecular weight is 471 g/mol. The molecule has 0 saturated heterocycles. The van der Waals surface area contributed by atoms with Crippen molar-refractivity contribution in [3.05, 3.63) is 93.4 Å². The standard InChI is InChI=1S/C22H19ClN4O4S/c1-27(13-14-5-4-6-15(23)11-14)21(28)17-7-2-3-8-18(17)26-32(30,31)16-9-10-19-20(12-16)25-22(29)24-19/h2-12,26H,13H2,1H3,(H2,24,25,29). The first-order valence-electron chi connectivity index (χ1n) is 9.57. The van der Waals surface area contributed by atoms with E-state index in [9.17, 15) is 18.0 Å². The Hall–Kier alpha value is -3.56. The molecule has 10 heteroatoms. The minimum atomic E-state index is -4.02. The second-order valence-corrected chi connectivity index (χ2v) is 9.35. The summed E-state index contributed by atoms with van der Waals surface area (Å²) in [7, 11) is -2.39. The number of rotatable bonds is 6. The predicted molar refractivity (Wildman–Crippen MR) is 123 cm³/mol. The zero-order valence-electron chi connectivity index (χ0n) is 16.9. The summed E-state index contributed by atoms with van der Waals surface area (Å²) in [5.41, 5.74) is 1.63. The smallest absolute Gasteiger partial charge is 0.323 e. The molecule has 0 radical (unpaired) electrons. The number of halogens is 1. The van der Waals surface area contributed by atoms with Gasteiger partial charge in [-0.1, -0.05) is 35.9 Å². The van der Waals surface area contributed by atoms with Crippen molar-refractivity contribution in [2.45, 2.75) is 11.4 Å². The third kappa shape index (κ3) is 4.53. The van der Waals surface area contributed by atoms with E-state index in [1.54, 1.807) is 43.4 Å². The molecule has 1 aromatic heterocycles. The molecule has 0 fully saturated rings. The van der Waals surface area contributed by atoms with Crippen LogP contribution in [0.5, 0.6) is 0 Å². The van der Waals surface area contributed by atoms with E-state index < -0.39 is 15.7 Å². The molecule has 8 nitrogen and oxygen atoms in total. The topological polar surface area (TPSA) is 115 Å². The lowest BCUT2D eigenvalue weighted by molar-refractivity contribution is 0.0786. The van der Waals surface area contributed by atoms with Crippen LogP contribution in [-0.4, -0.2) is 36.2 Å². The van der Waals surface area contributed by atoms with E-state index in [0.717, 1.165) is 5.56 Å². The minimum absolute atomic E-state index is 0.0465. The quantitative estimate of drug-likeness (QED) is 0.399. The van der Waals surface area contributed by atoms with Crippen molar-refractivity contribution in [3.8, 4) is 0 Å². The van der Waals surface area contributed by atoms with Gasteiger partial charge in [0, 0.05) is 18.6 Å². The highest BCUT2D eigenvalue weighted by molar-refractivity contribution is 7.92. The molecule has 0 saturated carbocycles. The van der Waals surface area contributed by atoms with Crippen LogP contribution in [0.15, 0.2) is 76.4 Å². The van der Waals surface area contributed by atoms with Gasteiger partial charge in [-0.15, -0.1) is 0 Å². The number of carbonyl (C=O) groups excluding carboxylic acids is 1. The molecule has 0 atom stereocenters. The summed E-state index contributed by atoms with van der Waals surface area (Å²) < 4.78 is 28.4. The number of benzene rings is 3. The van der Waals surface area contributed by atoms with Gasteiger partial charge >= 0.3 is 5.69 Å². The molecule has 3 N–H and O–H groups in total. The molecule has 1 amide bonds. The Bertz CT molecular complexity index is 1480. The molecule has 164 valence electrons. The van der Waals surface area contributed by atoms with Gasteiger partial charge < -0.3 is 14.9 Å². The van der Waals surface area contributed by atoms with Crippen molar-refractivity contribution in [3.63, 3.8) is 0 Å². The number of hydrogen-bond donors (Lipinski definition) is 3. The van der Waals surface area contributed by atoms with Crippen LogP contribution in [-0.2, 0) is 16.6 Å². The maximum Gasteiger partial charge on any atom is 0.323 e. The Morgan fingerprint density at radius 2 is 1.75 bits per heavy atom. The Balaban J connectivity index is 1.60. The summed E-state index contributed by atoms with van der Waals surface area (Å²) in [5.74, 6) is -0.353. The number of para-hydroxylation sites is 1. The fraction of sp³-hybridized carbons (Fsp3) is 0.0909. The lowest BCUT2D eigenvalue weighted by Crippen LogP contribution is -2.27. The van der Waals surface area contributed by atoms with Crippen molar-refractivity contribution >= 4 is 44.3 Å². The molecule has 0 aliphatic rings. The molecule has 3 aromatic carbocycles. The Kier molecular flexibility index (Phi) is 5.77. The third-order valence-corrected chi connectivity index (χ3v) is 6.45. The molecule has 0 aliphatic carbocycles. The molecule has 1 heterocycles. The zero-order chi connectivity index (χ0) is 22.9. The molecule has 0 bridgehead atoms. The summed E-state index contributed by atoms with van der Waals surface area (Å²) in [5, 5.41) is 0.567. The summed E-state index contributed by atoms with van der Waals surface area (Å²) >= 11 is 6.02. The maximum absolute atomic E-state index is 13.1. The van der Waals surface area contributed by atoms with Crippen molar-refractivity contribution in [2.24, 2.45) is 0 Å². The number of aromatic nitrogens is 2. The van der Waals surface area contributed by atoms with Crippen molar-refractivity contribution in [1.29, 1.82) is 0 Å². The highest BCUT2D eigenvalue weighted by Gasteiger charge is 2.21. The number of imidazole rings is 1. The number of aromatic amines is 2. The van der Waals surface area contributed by atoms with Crippen LogP contribution < -0.4 is 10.4 Å². The molecule has 0 spiro atoms. The molecule has 0 unspecified atom stereocenters. The SMILES string of the molecule is CN(Cc1cccc(Cl)c1)C(=O)c1ccccc1NS(=O)(=O)c1ccc2[nH]c(=O)[nH]c2c1. The number of nitrogens with one attached hydrogen (secondary N) is 3. The van der Waals surface area contributed by atoms with Crippen LogP contribution >= 0.6 is 11.6 Å². The second-order valence-electron chi connectivity index (χ2n) is 7.23. The molecular weight excluding hydrogens is 452 g/mol. The first kappa shape index (κ1) is 21.7. The Labute approximate surface area is 188 Å². The van der Waals surface area contributed by atoms with Gasteiger partial charge in [0.1, 0.15) is 0 Å². The van der Waals surface area contributed by atoms with Gasteiger partial charge in [-0.3, -0.25) is 9.52 Å². The number of H-pyrrole nitrogens is 2. The number of carbonyl (C=O) groups is 1. The van der Waals surface area contributed by atoms with Crippen LogP contribution in [0.1, 0.15) is 15.9 Å². The number of fused-ring (bicyclic) bond motifs is 1.